The number of ether oxygens (including phenoxy) is 1. The third-order valence-electron chi connectivity index (χ3n) is 4.68. The van der Waals surface area contributed by atoms with Crippen molar-refractivity contribution in [3.05, 3.63) is 0 Å². The molecule has 2 aliphatic carbocycles. The summed E-state index contributed by atoms with van der Waals surface area (Å²) in [4.78, 5) is 11.7. The lowest BCUT2D eigenvalue weighted by molar-refractivity contribution is -0.151. The first-order chi connectivity index (χ1) is 9.52. The van der Waals surface area contributed by atoms with Gasteiger partial charge in [0.2, 0.25) is 0 Å². The van der Waals surface area contributed by atoms with Crippen molar-refractivity contribution in [2.75, 3.05) is 26.0 Å². The van der Waals surface area contributed by atoms with Gasteiger partial charge in [0, 0.05) is 17.8 Å². The van der Waals surface area contributed by atoms with E-state index in [1.807, 2.05) is 18.7 Å². The summed E-state index contributed by atoms with van der Waals surface area (Å²) in [6, 6.07) is 0. The van der Waals surface area contributed by atoms with Gasteiger partial charge in [-0.3, -0.25) is 4.79 Å². The van der Waals surface area contributed by atoms with Gasteiger partial charge in [0.25, 0.3) is 0 Å². The number of hydrogen-bond acceptors (Lipinski definition) is 5. The van der Waals surface area contributed by atoms with Gasteiger partial charge in [-0.2, -0.15) is 11.8 Å². The standard InChI is InChI=1S/C15H27NO3S/c1-3-19-13(17)12-4-6-14(18,7-5-12)10-16-11-15(20-2)8-9-15/h12,16,18H,3-11H2,1-2H3. The lowest BCUT2D eigenvalue weighted by Crippen LogP contribution is -2.46. The molecule has 0 unspecified atom stereocenters. The molecule has 0 spiro atoms. The Morgan fingerprint density at radius 1 is 1.30 bits per heavy atom. The average molecular weight is 301 g/mol. The highest BCUT2D eigenvalue weighted by molar-refractivity contribution is 8.00. The van der Waals surface area contributed by atoms with Crippen molar-refractivity contribution in [3.8, 4) is 0 Å². The van der Waals surface area contributed by atoms with Crippen molar-refractivity contribution in [1.82, 2.24) is 5.32 Å². The van der Waals surface area contributed by atoms with Crippen LogP contribution in [-0.2, 0) is 9.53 Å². The zero-order chi connectivity index (χ0) is 14.6. The summed E-state index contributed by atoms with van der Waals surface area (Å²) < 4.78 is 5.49. The van der Waals surface area contributed by atoms with Crippen LogP contribution in [0.4, 0.5) is 0 Å². The number of carbonyl (C=O) groups is 1. The van der Waals surface area contributed by atoms with E-state index in [1.165, 1.54) is 12.8 Å². The van der Waals surface area contributed by atoms with Gasteiger partial charge in [0.15, 0.2) is 0 Å². The zero-order valence-corrected chi connectivity index (χ0v) is 13.4. The summed E-state index contributed by atoms with van der Waals surface area (Å²) in [5.74, 6) is -0.113. The van der Waals surface area contributed by atoms with E-state index in [9.17, 15) is 9.90 Å². The Labute approximate surface area is 126 Å². The molecule has 116 valence electrons. The molecule has 0 heterocycles. The van der Waals surface area contributed by atoms with E-state index in [-0.39, 0.29) is 11.9 Å². The van der Waals surface area contributed by atoms with Gasteiger partial charge in [-0.25, -0.2) is 0 Å². The molecule has 0 aromatic carbocycles. The molecule has 5 heteroatoms. The number of carbonyl (C=O) groups excluding carboxylic acids is 1. The second-order valence-electron chi connectivity index (χ2n) is 6.24. The van der Waals surface area contributed by atoms with Crippen molar-refractivity contribution >= 4 is 17.7 Å². The number of thioether (sulfide) groups is 1. The molecule has 0 radical (unpaired) electrons. The topological polar surface area (TPSA) is 58.6 Å². The molecule has 20 heavy (non-hydrogen) atoms. The minimum atomic E-state index is -0.641. The van der Waals surface area contributed by atoms with E-state index in [4.69, 9.17) is 4.74 Å². The lowest BCUT2D eigenvalue weighted by atomic mass is 9.79. The van der Waals surface area contributed by atoms with Gasteiger partial charge in [-0.15, -0.1) is 0 Å². The maximum atomic E-state index is 11.7. The summed E-state index contributed by atoms with van der Waals surface area (Å²) in [7, 11) is 0. The van der Waals surface area contributed by atoms with Crippen molar-refractivity contribution in [2.24, 2.45) is 5.92 Å². The largest absolute Gasteiger partial charge is 0.466 e. The van der Waals surface area contributed by atoms with Crippen LogP contribution in [0.5, 0.6) is 0 Å². The van der Waals surface area contributed by atoms with Crippen LogP contribution in [-0.4, -0.2) is 47.4 Å². The normalized spacial score (nSPS) is 31.9. The quantitative estimate of drug-likeness (QED) is 0.704. The minimum Gasteiger partial charge on any atom is -0.466 e. The highest BCUT2D eigenvalue weighted by Gasteiger charge is 2.42. The van der Waals surface area contributed by atoms with Gasteiger partial charge < -0.3 is 15.2 Å². The SMILES string of the molecule is CCOC(=O)C1CCC(O)(CNCC2(SC)CC2)CC1. The maximum Gasteiger partial charge on any atom is 0.308 e. The van der Waals surface area contributed by atoms with Gasteiger partial charge in [-0.05, 0) is 51.7 Å². The van der Waals surface area contributed by atoms with Gasteiger partial charge in [-0.1, -0.05) is 0 Å². The van der Waals surface area contributed by atoms with Crippen molar-refractivity contribution in [3.63, 3.8) is 0 Å². The Hall–Kier alpha value is -0.260. The van der Waals surface area contributed by atoms with Crippen LogP contribution in [0, 0.1) is 5.92 Å². The molecule has 2 saturated carbocycles. The Morgan fingerprint density at radius 2 is 1.95 bits per heavy atom. The van der Waals surface area contributed by atoms with Crippen molar-refractivity contribution < 1.29 is 14.6 Å². The van der Waals surface area contributed by atoms with Crippen LogP contribution >= 0.6 is 11.8 Å². The van der Waals surface area contributed by atoms with Crippen LogP contribution in [0.2, 0.25) is 0 Å². The summed E-state index contributed by atoms with van der Waals surface area (Å²) in [5.41, 5.74) is -0.641. The molecule has 2 rings (SSSR count). The van der Waals surface area contributed by atoms with Gasteiger partial charge in [0.1, 0.15) is 0 Å². The zero-order valence-electron chi connectivity index (χ0n) is 12.6. The Kier molecular flexibility index (Phi) is 5.37. The first-order valence-electron chi connectivity index (χ1n) is 7.67. The number of nitrogens with one attached hydrogen (secondary N) is 1. The molecule has 0 amide bonds. The molecular formula is C15H27NO3S. The van der Waals surface area contributed by atoms with E-state index in [0.29, 0.717) is 30.7 Å². The molecule has 2 aliphatic rings. The fraction of sp³-hybridized carbons (Fsp3) is 0.933. The number of aliphatic hydroxyl groups is 1. The summed E-state index contributed by atoms with van der Waals surface area (Å²) in [6.07, 6.45) is 7.59. The molecule has 0 aliphatic heterocycles. The van der Waals surface area contributed by atoms with E-state index in [0.717, 1.165) is 19.4 Å². The van der Waals surface area contributed by atoms with Crippen LogP contribution in [0.1, 0.15) is 45.4 Å². The van der Waals surface area contributed by atoms with Crippen LogP contribution in [0.15, 0.2) is 0 Å². The second kappa shape index (κ2) is 6.67. The molecule has 0 saturated heterocycles. The number of hydrogen-bond donors (Lipinski definition) is 2. The predicted octanol–water partition coefficient (Wildman–Crippen LogP) is 1.96. The third-order valence-corrected chi connectivity index (χ3v) is 6.10. The van der Waals surface area contributed by atoms with Crippen LogP contribution in [0.25, 0.3) is 0 Å². The Bertz CT molecular complexity index is 336. The summed E-state index contributed by atoms with van der Waals surface area (Å²) in [6.45, 7) is 3.90. The van der Waals surface area contributed by atoms with E-state index in [2.05, 4.69) is 11.6 Å². The fourth-order valence-electron chi connectivity index (χ4n) is 2.94. The smallest absolute Gasteiger partial charge is 0.308 e. The minimum absolute atomic E-state index is 0.0174. The summed E-state index contributed by atoms with van der Waals surface area (Å²) >= 11 is 1.93. The van der Waals surface area contributed by atoms with Crippen molar-refractivity contribution in [2.45, 2.75) is 55.8 Å². The van der Waals surface area contributed by atoms with E-state index >= 15 is 0 Å². The second-order valence-corrected chi connectivity index (χ2v) is 7.52. The predicted molar refractivity (Wildman–Crippen MR) is 81.9 cm³/mol. The highest BCUT2D eigenvalue weighted by Crippen LogP contribution is 2.46. The Morgan fingerprint density at radius 3 is 2.45 bits per heavy atom. The molecule has 2 N–H and O–H groups in total. The van der Waals surface area contributed by atoms with Gasteiger partial charge in [0.05, 0.1) is 18.1 Å². The average Bonchev–Trinajstić information content (AvgIpc) is 3.20. The number of esters is 1. The molecule has 4 nitrogen and oxygen atoms in total. The molecule has 0 bridgehead atoms. The maximum absolute atomic E-state index is 11.7. The third kappa shape index (κ3) is 4.12. The highest BCUT2D eigenvalue weighted by atomic mass is 32.2. The first kappa shape index (κ1) is 16.1. The van der Waals surface area contributed by atoms with E-state index < -0.39 is 5.60 Å². The molecule has 0 aromatic rings. The molecule has 0 atom stereocenters. The molecular weight excluding hydrogens is 274 g/mol. The van der Waals surface area contributed by atoms with E-state index in [1.54, 1.807) is 0 Å². The molecule has 0 aromatic heterocycles. The Balaban J connectivity index is 1.69. The molecule has 2 fully saturated rings. The van der Waals surface area contributed by atoms with Gasteiger partial charge >= 0.3 is 5.97 Å². The van der Waals surface area contributed by atoms with Crippen LogP contribution < -0.4 is 5.32 Å². The van der Waals surface area contributed by atoms with Crippen LogP contribution in [0.3, 0.4) is 0 Å². The first-order valence-corrected chi connectivity index (χ1v) is 8.90. The lowest BCUT2D eigenvalue weighted by Gasteiger charge is -2.35. The monoisotopic (exact) mass is 301 g/mol. The van der Waals surface area contributed by atoms with Crippen molar-refractivity contribution in [1.29, 1.82) is 0 Å². The summed E-state index contributed by atoms with van der Waals surface area (Å²) in [5, 5.41) is 14.0. The number of rotatable bonds is 7. The fourth-order valence-corrected chi connectivity index (χ4v) is 3.70.